The Bertz CT molecular complexity index is 522. The number of aliphatic carboxylic acids is 1. The molecule has 1 saturated heterocycles. The molecule has 5 nitrogen and oxygen atoms in total. The molecule has 1 fully saturated rings. The predicted octanol–water partition coefficient (Wildman–Crippen LogP) is 1.43. The quantitative estimate of drug-likeness (QED) is 0.910. The molecule has 1 atom stereocenters. The van der Waals surface area contributed by atoms with Gasteiger partial charge >= 0.3 is 5.97 Å². The molecule has 0 saturated carbocycles. The largest absolute Gasteiger partial charge is 0.496 e. The lowest BCUT2D eigenvalue weighted by molar-refractivity contribution is -0.140. The lowest BCUT2D eigenvalue weighted by Crippen LogP contribution is -2.42. The first-order valence-electron chi connectivity index (χ1n) is 5.50. The summed E-state index contributed by atoms with van der Waals surface area (Å²) < 4.78 is 18.7. The van der Waals surface area contributed by atoms with Crippen LogP contribution in [0.1, 0.15) is 10.4 Å². The number of methoxy groups -OCH3 is 1. The summed E-state index contributed by atoms with van der Waals surface area (Å²) in [6.07, 6.45) is 0. The second-order valence-corrected chi connectivity index (χ2v) is 4.95. The van der Waals surface area contributed by atoms with Gasteiger partial charge in [0.1, 0.15) is 23.2 Å². The number of hydrogen-bond donors (Lipinski definition) is 1. The first-order chi connectivity index (χ1) is 9.06. The summed E-state index contributed by atoms with van der Waals surface area (Å²) in [6.45, 7) is 0. The van der Waals surface area contributed by atoms with E-state index in [0.717, 1.165) is 11.0 Å². The van der Waals surface area contributed by atoms with Crippen LogP contribution in [0.25, 0.3) is 0 Å². The molecule has 19 heavy (non-hydrogen) atoms. The molecule has 1 heterocycles. The average molecular weight is 285 g/mol. The SMILES string of the molecule is COc1cccc(F)c1C(=O)N1CSC[C@H]1C(=O)O. The Labute approximate surface area is 113 Å². The van der Waals surface area contributed by atoms with Crippen molar-refractivity contribution in [1.82, 2.24) is 4.90 Å². The third kappa shape index (κ3) is 2.51. The molecular formula is C12H12FNO4S. The maximum absolute atomic E-state index is 13.8. The Morgan fingerprint density at radius 3 is 2.89 bits per heavy atom. The Hall–Kier alpha value is -1.76. The number of hydrogen-bond acceptors (Lipinski definition) is 4. The number of ether oxygens (including phenoxy) is 1. The topological polar surface area (TPSA) is 66.8 Å². The number of carbonyl (C=O) groups excluding carboxylic acids is 1. The third-order valence-corrected chi connectivity index (χ3v) is 3.85. The predicted molar refractivity (Wildman–Crippen MR) is 67.9 cm³/mol. The van der Waals surface area contributed by atoms with Crippen molar-refractivity contribution in [2.45, 2.75) is 6.04 Å². The van der Waals surface area contributed by atoms with Crippen LogP contribution in [0.2, 0.25) is 0 Å². The molecule has 0 aliphatic carbocycles. The fourth-order valence-corrected chi connectivity index (χ4v) is 3.02. The number of carboxylic acid groups (broad SMARTS) is 1. The van der Waals surface area contributed by atoms with E-state index in [1.165, 1.54) is 31.0 Å². The molecule has 0 spiro atoms. The standard InChI is InChI=1S/C12H12FNO4S/c1-18-9-4-2-3-7(13)10(9)11(15)14-6-19-5-8(14)12(16)17/h2-4,8H,5-6H2,1H3,(H,16,17)/t8-/m0/s1. The molecule has 1 aliphatic heterocycles. The van der Waals surface area contributed by atoms with Gasteiger partial charge in [0.05, 0.1) is 13.0 Å². The van der Waals surface area contributed by atoms with E-state index in [1.54, 1.807) is 0 Å². The van der Waals surface area contributed by atoms with Crippen LogP contribution in [0.3, 0.4) is 0 Å². The molecular weight excluding hydrogens is 273 g/mol. The highest BCUT2D eigenvalue weighted by Gasteiger charge is 2.37. The van der Waals surface area contributed by atoms with E-state index >= 15 is 0 Å². The van der Waals surface area contributed by atoms with Crippen molar-refractivity contribution < 1.29 is 23.8 Å². The highest BCUT2D eigenvalue weighted by atomic mass is 32.2. The normalized spacial score (nSPS) is 18.4. The van der Waals surface area contributed by atoms with Gasteiger partial charge in [0.2, 0.25) is 0 Å². The fraction of sp³-hybridized carbons (Fsp3) is 0.333. The summed E-state index contributed by atoms with van der Waals surface area (Å²) in [7, 11) is 1.33. The summed E-state index contributed by atoms with van der Waals surface area (Å²) in [5.41, 5.74) is -0.223. The van der Waals surface area contributed by atoms with Gasteiger partial charge in [0.15, 0.2) is 0 Å². The highest BCUT2D eigenvalue weighted by Crippen LogP contribution is 2.28. The minimum atomic E-state index is -1.09. The number of thioether (sulfide) groups is 1. The Balaban J connectivity index is 2.37. The van der Waals surface area contributed by atoms with Gasteiger partial charge < -0.3 is 14.7 Å². The van der Waals surface area contributed by atoms with Crippen molar-refractivity contribution in [2.75, 3.05) is 18.7 Å². The van der Waals surface area contributed by atoms with Gasteiger partial charge in [0, 0.05) is 5.75 Å². The number of benzene rings is 1. The Morgan fingerprint density at radius 1 is 1.53 bits per heavy atom. The van der Waals surface area contributed by atoms with Crippen molar-refractivity contribution in [3.63, 3.8) is 0 Å². The van der Waals surface area contributed by atoms with Crippen LogP contribution in [-0.4, -0.2) is 46.7 Å². The maximum Gasteiger partial charge on any atom is 0.327 e. The molecule has 0 radical (unpaired) electrons. The summed E-state index contributed by atoms with van der Waals surface area (Å²) in [6, 6.07) is 3.12. The summed E-state index contributed by atoms with van der Waals surface area (Å²) in [5.74, 6) is -1.83. The van der Waals surface area contributed by atoms with Crippen LogP contribution in [0.15, 0.2) is 18.2 Å². The summed E-state index contributed by atoms with van der Waals surface area (Å²) in [5, 5.41) is 9.04. The first-order valence-corrected chi connectivity index (χ1v) is 6.65. The van der Waals surface area contributed by atoms with Gasteiger partial charge in [-0.3, -0.25) is 4.79 Å². The Morgan fingerprint density at radius 2 is 2.26 bits per heavy atom. The molecule has 1 aliphatic rings. The lowest BCUT2D eigenvalue weighted by Gasteiger charge is -2.21. The Kier molecular flexibility index (Phi) is 3.94. The summed E-state index contributed by atoms with van der Waals surface area (Å²) >= 11 is 1.32. The number of halogens is 1. The highest BCUT2D eigenvalue weighted by molar-refractivity contribution is 7.99. The minimum Gasteiger partial charge on any atom is -0.496 e. The molecule has 0 unspecified atom stereocenters. The smallest absolute Gasteiger partial charge is 0.327 e. The van der Waals surface area contributed by atoms with E-state index in [4.69, 9.17) is 9.84 Å². The van der Waals surface area contributed by atoms with Crippen LogP contribution in [0.5, 0.6) is 5.75 Å². The zero-order chi connectivity index (χ0) is 14.0. The van der Waals surface area contributed by atoms with Gasteiger partial charge in [-0.05, 0) is 12.1 Å². The second kappa shape index (κ2) is 5.48. The second-order valence-electron chi connectivity index (χ2n) is 3.95. The molecule has 0 bridgehead atoms. The van der Waals surface area contributed by atoms with Crippen LogP contribution >= 0.6 is 11.8 Å². The van der Waals surface area contributed by atoms with Crippen molar-refractivity contribution >= 4 is 23.6 Å². The maximum atomic E-state index is 13.8. The molecule has 102 valence electrons. The van der Waals surface area contributed by atoms with Gasteiger partial charge in [-0.15, -0.1) is 11.8 Å². The zero-order valence-electron chi connectivity index (χ0n) is 10.1. The molecule has 0 aromatic heterocycles. The third-order valence-electron chi connectivity index (χ3n) is 2.84. The van der Waals surface area contributed by atoms with Gasteiger partial charge in [-0.2, -0.15) is 0 Å². The van der Waals surface area contributed by atoms with E-state index in [9.17, 15) is 14.0 Å². The monoisotopic (exact) mass is 285 g/mol. The summed E-state index contributed by atoms with van der Waals surface area (Å²) in [4.78, 5) is 24.5. The number of nitrogens with zero attached hydrogens (tertiary/aromatic N) is 1. The van der Waals surface area contributed by atoms with Gasteiger partial charge in [0.25, 0.3) is 5.91 Å². The van der Waals surface area contributed by atoms with Crippen molar-refractivity contribution in [3.8, 4) is 5.75 Å². The van der Waals surface area contributed by atoms with Crippen LogP contribution in [0.4, 0.5) is 4.39 Å². The minimum absolute atomic E-state index is 0.103. The molecule has 7 heteroatoms. The molecule has 1 aromatic rings. The number of carboxylic acids is 1. The molecule has 1 aromatic carbocycles. The van der Waals surface area contributed by atoms with E-state index in [-0.39, 0.29) is 17.2 Å². The van der Waals surface area contributed by atoms with Crippen LogP contribution in [-0.2, 0) is 4.79 Å². The van der Waals surface area contributed by atoms with E-state index < -0.39 is 23.7 Å². The number of rotatable bonds is 3. The first kappa shape index (κ1) is 13.7. The van der Waals surface area contributed by atoms with Gasteiger partial charge in [-0.25, -0.2) is 9.18 Å². The van der Waals surface area contributed by atoms with E-state index in [2.05, 4.69) is 0 Å². The fourth-order valence-electron chi connectivity index (χ4n) is 1.87. The van der Waals surface area contributed by atoms with Crippen LogP contribution in [0, 0.1) is 5.82 Å². The molecule has 2 rings (SSSR count). The average Bonchev–Trinajstić information content (AvgIpc) is 2.87. The number of amides is 1. The lowest BCUT2D eigenvalue weighted by atomic mass is 10.1. The van der Waals surface area contributed by atoms with Gasteiger partial charge in [-0.1, -0.05) is 6.07 Å². The van der Waals surface area contributed by atoms with Crippen LogP contribution < -0.4 is 4.74 Å². The zero-order valence-corrected chi connectivity index (χ0v) is 10.9. The van der Waals surface area contributed by atoms with Crippen molar-refractivity contribution in [3.05, 3.63) is 29.6 Å². The van der Waals surface area contributed by atoms with E-state index in [0.29, 0.717) is 5.75 Å². The van der Waals surface area contributed by atoms with Crippen molar-refractivity contribution in [1.29, 1.82) is 0 Å². The molecule has 1 amide bonds. The van der Waals surface area contributed by atoms with Crippen molar-refractivity contribution in [2.24, 2.45) is 0 Å². The number of carbonyl (C=O) groups is 2. The van der Waals surface area contributed by atoms with E-state index in [1.807, 2.05) is 0 Å². The molecule has 1 N–H and O–H groups in total.